The number of benzene rings is 1. The number of ether oxygens (including phenoxy) is 1. The first kappa shape index (κ1) is 16.3. The molecule has 7 nitrogen and oxygen atoms in total. The maximum Gasteiger partial charge on any atom is 0.276 e. The standard InChI is InChI=1S/C16H17N3O4/c1-10-3-6-12(7-4-10)23-9-14(20)18-19-16(22)13-8-5-11(2)17-15(13)21/h3-8H,9H2,1-2H3,(H,17,21)(H,18,20)(H,19,22). The van der Waals surface area contributed by atoms with Gasteiger partial charge in [0.1, 0.15) is 11.3 Å². The molecule has 0 fully saturated rings. The van der Waals surface area contributed by atoms with Gasteiger partial charge in [-0.15, -0.1) is 0 Å². The second-order valence-corrected chi connectivity index (χ2v) is 4.99. The van der Waals surface area contributed by atoms with Gasteiger partial charge in [0.05, 0.1) is 0 Å². The third kappa shape index (κ3) is 4.70. The lowest BCUT2D eigenvalue weighted by Gasteiger charge is -2.09. The molecule has 2 rings (SSSR count). The summed E-state index contributed by atoms with van der Waals surface area (Å²) in [6.07, 6.45) is 0. The van der Waals surface area contributed by atoms with Crippen molar-refractivity contribution in [1.29, 1.82) is 0 Å². The summed E-state index contributed by atoms with van der Waals surface area (Å²) >= 11 is 0. The van der Waals surface area contributed by atoms with Crippen molar-refractivity contribution in [3.8, 4) is 5.75 Å². The van der Waals surface area contributed by atoms with E-state index in [9.17, 15) is 14.4 Å². The lowest BCUT2D eigenvalue weighted by atomic mass is 10.2. The van der Waals surface area contributed by atoms with E-state index in [0.717, 1.165) is 5.56 Å². The van der Waals surface area contributed by atoms with Gasteiger partial charge in [-0.1, -0.05) is 17.7 Å². The molecule has 0 spiro atoms. The number of aromatic amines is 1. The fraction of sp³-hybridized carbons (Fsp3) is 0.188. The van der Waals surface area contributed by atoms with Crippen molar-refractivity contribution >= 4 is 11.8 Å². The van der Waals surface area contributed by atoms with Gasteiger partial charge in [-0.3, -0.25) is 25.2 Å². The summed E-state index contributed by atoms with van der Waals surface area (Å²) in [5.41, 5.74) is 5.47. The van der Waals surface area contributed by atoms with Crippen LogP contribution in [0.15, 0.2) is 41.2 Å². The monoisotopic (exact) mass is 315 g/mol. The van der Waals surface area contributed by atoms with Crippen LogP contribution in [-0.4, -0.2) is 23.4 Å². The molecular formula is C16H17N3O4. The van der Waals surface area contributed by atoms with Crippen LogP contribution in [0.5, 0.6) is 5.75 Å². The molecule has 2 aromatic rings. The zero-order valence-corrected chi connectivity index (χ0v) is 12.8. The van der Waals surface area contributed by atoms with Gasteiger partial charge in [0, 0.05) is 5.69 Å². The number of H-pyrrole nitrogens is 1. The Balaban J connectivity index is 1.83. The van der Waals surface area contributed by atoms with Crippen LogP contribution in [0.25, 0.3) is 0 Å². The van der Waals surface area contributed by atoms with Crippen molar-refractivity contribution in [1.82, 2.24) is 15.8 Å². The summed E-state index contributed by atoms with van der Waals surface area (Å²) in [4.78, 5) is 37.5. The minimum Gasteiger partial charge on any atom is -0.484 e. The predicted octanol–water partition coefficient (Wildman–Crippen LogP) is 0.832. The Morgan fingerprint density at radius 1 is 1.04 bits per heavy atom. The number of hydrazine groups is 1. The van der Waals surface area contributed by atoms with Gasteiger partial charge in [0.25, 0.3) is 17.4 Å². The molecule has 0 radical (unpaired) electrons. The molecule has 3 N–H and O–H groups in total. The molecule has 1 aromatic carbocycles. The summed E-state index contributed by atoms with van der Waals surface area (Å²) < 4.78 is 5.27. The molecule has 0 atom stereocenters. The summed E-state index contributed by atoms with van der Waals surface area (Å²) in [5.74, 6) is -0.690. The first-order valence-corrected chi connectivity index (χ1v) is 6.94. The van der Waals surface area contributed by atoms with E-state index < -0.39 is 17.4 Å². The zero-order chi connectivity index (χ0) is 16.8. The van der Waals surface area contributed by atoms with Gasteiger partial charge in [-0.25, -0.2) is 0 Å². The molecule has 1 aromatic heterocycles. The van der Waals surface area contributed by atoms with Gasteiger partial charge in [0.15, 0.2) is 6.61 Å². The molecule has 0 aliphatic heterocycles. The summed E-state index contributed by atoms with van der Waals surface area (Å²) in [5, 5.41) is 0. The van der Waals surface area contributed by atoms with Crippen LogP contribution < -0.4 is 21.1 Å². The average Bonchev–Trinajstić information content (AvgIpc) is 2.52. The number of hydrogen-bond acceptors (Lipinski definition) is 4. The van der Waals surface area contributed by atoms with Crippen LogP contribution in [0.3, 0.4) is 0 Å². The van der Waals surface area contributed by atoms with Crippen LogP contribution in [-0.2, 0) is 4.79 Å². The highest BCUT2D eigenvalue weighted by molar-refractivity contribution is 5.95. The van der Waals surface area contributed by atoms with Gasteiger partial charge >= 0.3 is 0 Å². The minimum atomic E-state index is -0.699. The van der Waals surface area contributed by atoms with E-state index in [-0.39, 0.29) is 12.2 Å². The van der Waals surface area contributed by atoms with Crippen molar-refractivity contribution in [3.63, 3.8) is 0 Å². The van der Waals surface area contributed by atoms with Crippen molar-refractivity contribution in [2.75, 3.05) is 6.61 Å². The van der Waals surface area contributed by atoms with Crippen molar-refractivity contribution in [3.05, 3.63) is 63.6 Å². The molecule has 0 saturated heterocycles. The number of aryl methyl sites for hydroxylation is 2. The number of hydrogen-bond donors (Lipinski definition) is 3. The topological polar surface area (TPSA) is 100 Å². The number of pyridine rings is 1. The van der Waals surface area contributed by atoms with E-state index in [1.165, 1.54) is 6.07 Å². The van der Waals surface area contributed by atoms with Crippen LogP contribution in [0.2, 0.25) is 0 Å². The summed E-state index contributed by atoms with van der Waals surface area (Å²) in [7, 11) is 0. The summed E-state index contributed by atoms with van der Waals surface area (Å²) in [6.45, 7) is 3.39. The highest BCUT2D eigenvalue weighted by atomic mass is 16.5. The second kappa shape index (κ2) is 7.26. The quantitative estimate of drug-likeness (QED) is 0.728. The lowest BCUT2D eigenvalue weighted by molar-refractivity contribution is -0.123. The second-order valence-electron chi connectivity index (χ2n) is 4.99. The number of nitrogens with one attached hydrogen (secondary N) is 3. The molecule has 2 amide bonds. The van der Waals surface area contributed by atoms with Gasteiger partial charge in [-0.2, -0.15) is 0 Å². The van der Waals surface area contributed by atoms with Crippen LogP contribution in [0, 0.1) is 13.8 Å². The summed E-state index contributed by atoms with van der Waals surface area (Å²) in [6, 6.07) is 10.2. The Hall–Kier alpha value is -3.09. The smallest absolute Gasteiger partial charge is 0.276 e. The Bertz CT molecular complexity index is 766. The largest absolute Gasteiger partial charge is 0.484 e. The van der Waals surface area contributed by atoms with E-state index >= 15 is 0 Å². The molecule has 0 aliphatic rings. The van der Waals surface area contributed by atoms with E-state index in [2.05, 4.69) is 15.8 Å². The molecule has 23 heavy (non-hydrogen) atoms. The third-order valence-corrected chi connectivity index (χ3v) is 3.01. The molecule has 0 unspecified atom stereocenters. The van der Waals surface area contributed by atoms with Gasteiger partial charge < -0.3 is 9.72 Å². The molecule has 7 heteroatoms. The predicted molar refractivity (Wildman–Crippen MR) is 84.1 cm³/mol. The van der Waals surface area contributed by atoms with Crippen molar-refractivity contribution < 1.29 is 14.3 Å². The van der Waals surface area contributed by atoms with E-state index in [4.69, 9.17) is 4.74 Å². The zero-order valence-electron chi connectivity index (χ0n) is 12.8. The lowest BCUT2D eigenvalue weighted by Crippen LogP contribution is -2.45. The van der Waals surface area contributed by atoms with Crippen LogP contribution in [0.1, 0.15) is 21.6 Å². The van der Waals surface area contributed by atoms with Gasteiger partial charge in [0.2, 0.25) is 0 Å². The van der Waals surface area contributed by atoms with E-state index in [1.54, 1.807) is 25.1 Å². The van der Waals surface area contributed by atoms with Gasteiger partial charge in [-0.05, 0) is 38.1 Å². The Labute approximate surface area is 132 Å². The fourth-order valence-electron chi connectivity index (χ4n) is 1.76. The van der Waals surface area contributed by atoms with Crippen molar-refractivity contribution in [2.24, 2.45) is 0 Å². The SMILES string of the molecule is Cc1ccc(OCC(=O)NNC(=O)c2ccc(C)[nH]c2=O)cc1. The highest BCUT2D eigenvalue weighted by Gasteiger charge is 2.11. The Kier molecular flexibility index (Phi) is 5.14. The first-order valence-electron chi connectivity index (χ1n) is 6.94. The molecule has 1 heterocycles. The fourth-order valence-corrected chi connectivity index (χ4v) is 1.76. The number of carbonyl (C=O) groups is 2. The Morgan fingerprint density at radius 2 is 1.74 bits per heavy atom. The van der Waals surface area contributed by atoms with Crippen LogP contribution in [0.4, 0.5) is 0 Å². The maximum atomic E-state index is 11.8. The van der Waals surface area contributed by atoms with Crippen LogP contribution >= 0.6 is 0 Å². The third-order valence-electron chi connectivity index (χ3n) is 3.01. The number of amides is 2. The van der Waals surface area contributed by atoms with Crippen molar-refractivity contribution in [2.45, 2.75) is 13.8 Å². The van der Waals surface area contributed by atoms with E-state index in [1.807, 2.05) is 19.1 Å². The van der Waals surface area contributed by atoms with E-state index in [0.29, 0.717) is 11.4 Å². The molecule has 120 valence electrons. The maximum absolute atomic E-state index is 11.8. The number of carbonyl (C=O) groups excluding carboxylic acids is 2. The molecule has 0 saturated carbocycles. The molecule has 0 bridgehead atoms. The Morgan fingerprint density at radius 3 is 2.39 bits per heavy atom. The first-order chi connectivity index (χ1) is 11.0. The number of rotatable bonds is 4. The average molecular weight is 315 g/mol. The number of aromatic nitrogens is 1. The normalized spacial score (nSPS) is 10.0. The minimum absolute atomic E-state index is 0.0876. The molecular weight excluding hydrogens is 298 g/mol. The highest BCUT2D eigenvalue weighted by Crippen LogP contribution is 2.10. The molecule has 0 aliphatic carbocycles.